The SMILES string of the molecule is N=NC(N=N)(N=N)[C@H]1CN(c2cccc(F)c2)C(=O)O1. The Morgan fingerprint density at radius 1 is 1.30 bits per heavy atom. The minimum Gasteiger partial charge on any atom is -0.437 e. The van der Waals surface area contributed by atoms with E-state index in [4.69, 9.17) is 21.3 Å². The number of anilines is 1. The van der Waals surface area contributed by atoms with Gasteiger partial charge in [0.05, 0.1) is 12.2 Å². The van der Waals surface area contributed by atoms with Crippen molar-refractivity contribution in [3.05, 3.63) is 30.1 Å². The van der Waals surface area contributed by atoms with Gasteiger partial charge in [-0.15, -0.1) is 15.3 Å². The number of hydrogen-bond donors (Lipinski definition) is 3. The van der Waals surface area contributed by atoms with Gasteiger partial charge in [-0.3, -0.25) is 4.90 Å². The lowest BCUT2D eigenvalue weighted by Gasteiger charge is -2.20. The van der Waals surface area contributed by atoms with Crippen LogP contribution < -0.4 is 4.90 Å². The molecule has 9 nitrogen and oxygen atoms in total. The Labute approximate surface area is 112 Å². The minimum atomic E-state index is -2.11. The van der Waals surface area contributed by atoms with Gasteiger partial charge in [-0.2, -0.15) is 0 Å². The predicted molar refractivity (Wildman–Crippen MR) is 62.2 cm³/mol. The van der Waals surface area contributed by atoms with Gasteiger partial charge >= 0.3 is 11.9 Å². The van der Waals surface area contributed by atoms with Crippen molar-refractivity contribution in [1.82, 2.24) is 0 Å². The molecule has 1 saturated heterocycles. The Hall–Kier alpha value is -2.78. The molecule has 1 atom stereocenters. The van der Waals surface area contributed by atoms with Crippen LogP contribution in [0.3, 0.4) is 0 Å². The molecule has 0 unspecified atom stereocenters. The van der Waals surface area contributed by atoms with E-state index in [0.717, 1.165) is 11.0 Å². The van der Waals surface area contributed by atoms with Crippen LogP contribution in [-0.2, 0) is 4.74 Å². The van der Waals surface area contributed by atoms with Crippen molar-refractivity contribution in [2.75, 3.05) is 11.4 Å². The summed E-state index contributed by atoms with van der Waals surface area (Å²) >= 11 is 0. The standard InChI is InChI=1S/C10H10FN7O2/c11-6-2-1-3-7(4-6)18-5-8(20-9(18)19)10(15-12,16-13)17-14/h1-4,8,12-14H,5H2/t8-,10?/m1/s1. The summed E-state index contributed by atoms with van der Waals surface area (Å²) in [5.74, 6) is -2.64. The van der Waals surface area contributed by atoms with Gasteiger partial charge in [0.15, 0.2) is 6.10 Å². The summed E-state index contributed by atoms with van der Waals surface area (Å²) in [6, 6.07) is 5.29. The zero-order valence-corrected chi connectivity index (χ0v) is 10.1. The lowest BCUT2D eigenvalue weighted by molar-refractivity contribution is 0.0829. The van der Waals surface area contributed by atoms with Crippen LogP contribution in [0.15, 0.2) is 39.6 Å². The molecule has 0 spiro atoms. The van der Waals surface area contributed by atoms with Crippen LogP contribution in [0.2, 0.25) is 0 Å². The van der Waals surface area contributed by atoms with Gasteiger partial charge in [-0.25, -0.2) is 25.8 Å². The molecule has 0 bridgehead atoms. The molecule has 0 aromatic heterocycles. The maximum atomic E-state index is 13.2. The highest BCUT2D eigenvalue weighted by molar-refractivity contribution is 5.89. The third-order valence-electron chi connectivity index (χ3n) is 2.86. The first kappa shape index (κ1) is 13.6. The third kappa shape index (κ3) is 2.11. The number of ether oxygens (including phenoxy) is 1. The molecular weight excluding hydrogens is 269 g/mol. The molecule has 0 radical (unpaired) electrons. The summed E-state index contributed by atoms with van der Waals surface area (Å²) in [5, 5.41) is 8.95. The molecule has 104 valence electrons. The number of carbonyl (C=O) groups is 1. The Balaban J connectivity index is 2.29. The van der Waals surface area contributed by atoms with Crippen molar-refractivity contribution in [3.63, 3.8) is 0 Å². The number of halogens is 1. The normalized spacial score (nSPS) is 20.9. The highest BCUT2D eigenvalue weighted by Gasteiger charge is 2.49. The van der Waals surface area contributed by atoms with Crippen LogP contribution in [0.25, 0.3) is 0 Å². The number of nitrogens with zero attached hydrogens (tertiary/aromatic N) is 4. The quantitative estimate of drug-likeness (QED) is 0.713. The maximum Gasteiger partial charge on any atom is 0.414 e. The van der Waals surface area contributed by atoms with Crippen molar-refractivity contribution in [1.29, 1.82) is 16.6 Å². The van der Waals surface area contributed by atoms with Gasteiger partial charge in [0.1, 0.15) is 5.82 Å². The molecule has 1 aliphatic heterocycles. The van der Waals surface area contributed by atoms with E-state index in [1.807, 2.05) is 0 Å². The molecule has 3 N–H and O–H groups in total. The monoisotopic (exact) mass is 279 g/mol. The fraction of sp³-hybridized carbons (Fsp3) is 0.300. The van der Waals surface area contributed by atoms with Crippen molar-refractivity contribution in [2.24, 2.45) is 15.3 Å². The number of hydrogen-bond acceptors (Lipinski definition) is 8. The second-order valence-electron chi connectivity index (χ2n) is 3.99. The highest BCUT2D eigenvalue weighted by Crippen LogP contribution is 2.31. The average molecular weight is 279 g/mol. The molecule has 1 fully saturated rings. The highest BCUT2D eigenvalue weighted by atomic mass is 19.1. The lowest BCUT2D eigenvalue weighted by atomic mass is 10.2. The second-order valence-corrected chi connectivity index (χ2v) is 3.99. The fourth-order valence-electron chi connectivity index (χ4n) is 1.81. The number of cyclic esters (lactones) is 1. The van der Waals surface area contributed by atoms with Crippen LogP contribution in [0.5, 0.6) is 0 Å². The summed E-state index contributed by atoms with van der Waals surface area (Å²) in [5.41, 5.74) is 21.2. The van der Waals surface area contributed by atoms with Crippen molar-refractivity contribution < 1.29 is 13.9 Å². The molecule has 1 amide bonds. The topological polar surface area (TPSA) is 138 Å². The van der Waals surface area contributed by atoms with Crippen LogP contribution in [-0.4, -0.2) is 24.5 Å². The average Bonchev–Trinajstić information content (AvgIpc) is 2.84. The van der Waals surface area contributed by atoms with Crippen LogP contribution in [0.1, 0.15) is 0 Å². The van der Waals surface area contributed by atoms with Gasteiger partial charge in [0.25, 0.3) is 0 Å². The summed E-state index contributed by atoms with van der Waals surface area (Å²) in [6.45, 7) is -0.143. The molecule has 1 aliphatic rings. The Morgan fingerprint density at radius 3 is 2.50 bits per heavy atom. The molecule has 10 heteroatoms. The summed E-state index contributed by atoms with van der Waals surface area (Å²) in [7, 11) is 0. The number of amides is 1. The van der Waals surface area contributed by atoms with E-state index in [2.05, 4.69) is 15.3 Å². The van der Waals surface area contributed by atoms with Crippen molar-refractivity contribution >= 4 is 11.8 Å². The van der Waals surface area contributed by atoms with Gasteiger partial charge in [-0.05, 0) is 18.2 Å². The van der Waals surface area contributed by atoms with Crippen molar-refractivity contribution in [2.45, 2.75) is 11.9 Å². The van der Waals surface area contributed by atoms with Gasteiger partial charge in [0, 0.05) is 0 Å². The molecule has 1 heterocycles. The van der Waals surface area contributed by atoms with E-state index in [-0.39, 0.29) is 12.2 Å². The smallest absolute Gasteiger partial charge is 0.414 e. The van der Waals surface area contributed by atoms with E-state index in [1.165, 1.54) is 18.2 Å². The van der Waals surface area contributed by atoms with E-state index >= 15 is 0 Å². The second kappa shape index (κ2) is 5.07. The predicted octanol–water partition coefficient (Wildman–Crippen LogP) is 2.90. The van der Waals surface area contributed by atoms with E-state index in [1.54, 1.807) is 0 Å². The summed E-state index contributed by atoms with van der Waals surface area (Å²) in [6.07, 6.45) is -1.99. The third-order valence-corrected chi connectivity index (χ3v) is 2.86. The first-order valence-electron chi connectivity index (χ1n) is 5.46. The van der Waals surface area contributed by atoms with Gasteiger partial charge < -0.3 is 4.74 Å². The molecular formula is C10H10FN7O2. The first-order chi connectivity index (χ1) is 9.56. The molecule has 2 rings (SSSR count). The van der Waals surface area contributed by atoms with Gasteiger partial charge in [0.2, 0.25) is 0 Å². The summed E-state index contributed by atoms with van der Waals surface area (Å²) in [4.78, 5) is 12.9. The molecule has 0 saturated carbocycles. The first-order valence-corrected chi connectivity index (χ1v) is 5.46. The lowest BCUT2D eigenvalue weighted by Crippen LogP contribution is -2.39. The van der Waals surface area contributed by atoms with Crippen LogP contribution >= 0.6 is 0 Å². The zero-order chi connectivity index (χ0) is 14.8. The Bertz CT molecular complexity index is 557. The maximum absolute atomic E-state index is 13.2. The number of carbonyl (C=O) groups excluding carboxylic acids is 1. The molecule has 0 aliphatic carbocycles. The number of benzene rings is 1. The summed E-state index contributed by atoms with van der Waals surface area (Å²) < 4.78 is 18.1. The van der Waals surface area contributed by atoms with E-state index in [0.29, 0.717) is 0 Å². The van der Waals surface area contributed by atoms with E-state index < -0.39 is 23.8 Å². The van der Waals surface area contributed by atoms with Crippen LogP contribution in [0.4, 0.5) is 14.9 Å². The fourth-order valence-corrected chi connectivity index (χ4v) is 1.81. The Kier molecular flexibility index (Phi) is 3.46. The zero-order valence-electron chi connectivity index (χ0n) is 10.1. The van der Waals surface area contributed by atoms with Gasteiger partial charge in [-0.1, -0.05) is 6.07 Å². The van der Waals surface area contributed by atoms with E-state index in [9.17, 15) is 9.18 Å². The minimum absolute atomic E-state index is 0.143. The molecule has 1 aromatic rings. The Morgan fingerprint density at radius 2 is 1.95 bits per heavy atom. The molecule has 1 aromatic carbocycles. The number of nitrogens with one attached hydrogen (secondary N) is 3. The van der Waals surface area contributed by atoms with Crippen LogP contribution in [0, 0.1) is 22.4 Å². The molecule has 20 heavy (non-hydrogen) atoms. The van der Waals surface area contributed by atoms with Crippen molar-refractivity contribution in [3.8, 4) is 0 Å². The number of rotatable bonds is 5. The largest absolute Gasteiger partial charge is 0.437 e.